The molecule has 0 aliphatic rings. The molecule has 4 nitrogen and oxygen atoms in total. The first-order chi connectivity index (χ1) is 8.56. The summed E-state index contributed by atoms with van der Waals surface area (Å²) in [7, 11) is 0. The average molecular weight is 330 g/mol. The summed E-state index contributed by atoms with van der Waals surface area (Å²) in [6.45, 7) is 12.5. The predicted molar refractivity (Wildman–Crippen MR) is 92.0 cm³/mol. The maximum absolute atomic E-state index is 11.7. The molecule has 0 radical (unpaired) electrons. The quantitative estimate of drug-likeness (QED) is 0.605. The van der Waals surface area contributed by atoms with Crippen LogP contribution in [0.5, 0.6) is 0 Å². The fourth-order valence-electron chi connectivity index (χ4n) is 1.84. The van der Waals surface area contributed by atoms with Gasteiger partial charge in [-0.15, -0.1) is 24.8 Å². The first-order valence-corrected chi connectivity index (χ1v) is 7.32. The maximum Gasteiger partial charge on any atom is 0.237 e. The zero-order valence-corrected chi connectivity index (χ0v) is 15.0. The Balaban J connectivity index is -0.00000144. The van der Waals surface area contributed by atoms with Crippen LogP contribution in [0.25, 0.3) is 0 Å². The molecular formula is C14H33Cl2N3O. The second-order valence-corrected chi connectivity index (χ2v) is 4.94. The molecule has 6 heteroatoms. The third kappa shape index (κ3) is 10.7. The molecule has 124 valence electrons. The number of carbonyl (C=O) groups excluding carboxylic acids is 1. The number of carbonyl (C=O) groups is 1. The van der Waals surface area contributed by atoms with Crippen molar-refractivity contribution in [3.05, 3.63) is 0 Å². The number of hydrogen-bond acceptors (Lipinski definition) is 3. The van der Waals surface area contributed by atoms with Gasteiger partial charge in [-0.25, -0.2) is 0 Å². The fraction of sp³-hybridized carbons (Fsp3) is 0.929. The van der Waals surface area contributed by atoms with Crippen molar-refractivity contribution in [2.45, 2.75) is 53.0 Å². The Bertz CT molecular complexity index is 226. The largest absolute Gasteiger partial charge is 0.355 e. The van der Waals surface area contributed by atoms with Gasteiger partial charge < -0.3 is 16.0 Å². The van der Waals surface area contributed by atoms with Crippen LogP contribution in [0, 0.1) is 5.92 Å². The minimum absolute atomic E-state index is 0. The smallest absolute Gasteiger partial charge is 0.237 e. The third-order valence-corrected chi connectivity index (χ3v) is 3.65. The van der Waals surface area contributed by atoms with E-state index in [0.29, 0.717) is 0 Å². The van der Waals surface area contributed by atoms with Crippen molar-refractivity contribution in [1.29, 1.82) is 0 Å². The average Bonchev–Trinajstić information content (AvgIpc) is 2.40. The lowest BCUT2D eigenvalue weighted by Crippen LogP contribution is -2.44. The van der Waals surface area contributed by atoms with Gasteiger partial charge in [-0.2, -0.15) is 0 Å². The first kappa shape index (κ1) is 25.0. The van der Waals surface area contributed by atoms with Crippen LogP contribution in [-0.2, 0) is 4.79 Å². The molecule has 0 spiro atoms. The van der Waals surface area contributed by atoms with Crippen molar-refractivity contribution in [3.63, 3.8) is 0 Å². The molecule has 0 saturated carbocycles. The second-order valence-electron chi connectivity index (χ2n) is 4.94. The van der Waals surface area contributed by atoms with Crippen LogP contribution < -0.4 is 11.1 Å². The number of amides is 1. The molecular weight excluding hydrogens is 297 g/mol. The molecule has 20 heavy (non-hydrogen) atoms. The van der Waals surface area contributed by atoms with Gasteiger partial charge in [-0.1, -0.05) is 34.1 Å². The lowest BCUT2D eigenvalue weighted by Gasteiger charge is -2.19. The standard InChI is InChI=1S/C14H31N3O.2ClH/c1-5-12(4)13(15)14(18)16-10-8-9-11-17(6-2)7-3;;/h12-13H,5-11,15H2,1-4H3,(H,16,18);2*1H. The molecule has 0 aromatic heterocycles. The molecule has 0 fully saturated rings. The van der Waals surface area contributed by atoms with Gasteiger partial charge in [0.15, 0.2) is 0 Å². The van der Waals surface area contributed by atoms with Crippen molar-refractivity contribution < 1.29 is 4.79 Å². The van der Waals surface area contributed by atoms with E-state index >= 15 is 0 Å². The summed E-state index contributed by atoms with van der Waals surface area (Å²) in [5.41, 5.74) is 5.86. The van der Waals surface area contributed by atoms with E-state index in [-0.39, 0.29) is 42.7 Å². The maximum atomic E-state index is 11.7. The van der Waals surface area contributed by atoms with Gasteiger partial charge in [0.1, 0.15) is 0 Å². The summed E-state index contributed by atoms with van der Waals surface area (Å²) in [6, 6.07) is -0.363. The number of rotatable bonds is 10. The number of nitrogens with zero attached hydrogens (tertiary/aromatic N) is 1. The molecule has 2 unspecified atom stereocenters. The molecule has 0 saturated heterocycles. The molecule has 2 atom stereocenters. The van der Waals surface area contributed by atoms with Gasteiger partial charge >= 0.3 is 0 Å². The Morgan fingerprint density at radius 1 is 1.15 bits per heavy atom. The van der Waals surface area contributed by atoms with E-state index in [9.17, 15) is 4.79 Å². The number of nitrogens with two attached hydrogens (primary N) is 1. The van der Waals surface area contributed by atoms with Gasteiger partial charge in [-0.05, 0) is 38.4 Å². The van der Waals surface area contributed by atoms with E-state index in [4.69, 9.17) is 5.73 Å². The second kappa shape index (κ2) is 15.4. The van der Waals surface area contributed by atoms with Gasteiger partial charge in [0.25, 0.3) is 0 Å². The topological polar surface area (TPSA) is 58.4 Å². The van der Waals surface area contributed by atoms with Crippen LogP contribution in [0.4, 0.5) is 0 Å². The molecule has 0 aliphatic heterocycles. The highest BCUT2D eigenvalue weighted by molar-refractivity contribution is 5.85. The monoisotopic (exact) mass is 329 g/mol. The van der Waals surface area contributed by atoms with Crippen molar-refractivity contribution in [3.8, 4) is 0 Å². The fourth-order valence-corrected chi connectivity index (χ4v) is 1.84. The van der Waals surface area contributed by atoms with Crippen molar-refractivity contribution in [1.82, 2.24) is 10.2 Å². The highest BCUT2D eigenvalue weighted by Crippen LogP contribution is 2.05. The van der Waals surface area contributed by atoms with Crippen LogP contribution >= 0.6 is 24.8 Å². The Morgan fingerprint density at radius 2 is 1.70 bits per heavy atom. The van der Waals surface area contributed by atoms with Gasteiger partial charge in [-0.3, -0.25) is 4.79 Å². The molecule has 0 aromatic carbocycles. The van der Waals surface area contributed by atoms with E-state index in [2.05, 4.69) is 31.0 Å². The van der Waals surface area contributed by atoms with Gasteiger partial charge in [0.2, 0.25) is 5.91 Å². The molecule has 1 amide bonds. The molecule has 0 aromatic rings. The third-order valence-electron chi connectivity index (χ3n) is 3.65. The van der Waals surface area contributed by atoms with Crippen LogP contribution in [0.15, 0.2) is 0 Å². The van der Waals surface area contributed by atoms with Crippen LogP contribution in [-0.4, -0.2) is 43.0 Å². The van der Waals surface area contributed by atoms with Crippen LogP contribution in [0.3, 0.4) is 0 Å². The van der Waals surface area contributed by atoms with Crippen molar-refractivity contribution >= 4 is 30.7 Å². The first-order valence-electron chi connectivity index (χ1n) is 7.32. The van der Waals surface area contributed by atoms with E-state index in [0.717, 1.165) is 45.4 Å². The Kier molecular flexibility index (Phi) is 19.2. The van der Waals surface area contributed by atoms with Crippen molar-refractivity contribution in [2.75, 3.05) is 26.2 Å². The lowest BCUT2D eigenvalue weighted by molar-refractivity contribution is -0.123. The molecule has 0 aliphatic carbocycles. The minimum Gasteiger partial charge on any atom is -0.355 e. The zero-order valence-electron chi connectivity index (χ0n) is 13.4. The Hall–Kier alpha value is -0.0300. The molecule has 0 heterocycles. The highest BCUT2D eigenvalue weighted by atomic mass is 35.5. The SMILES string of the molecule is CCC(C)C(N)C(=O)NCCCCN(CC)CC.Cl.Cl. The van der Waals surface area contributed by atoms with Crippen molar-refractivity contribution in [2.24, 2.45) is 11.7 Å². The summed E-state index contributed by atoms with van der Waals surface area (Å²) in [5.74, 6) is 0.243. The summed E-state index contributed by atoms with van der Waals surface area (Å²) < 4.78 is 0. The van der Waals surface area contributed by atoms with Crippen LogP contribution in [0.2, 0.25) is 0 Å². The normalized spacial score (nSPS) is 13.1. The Labute approximate surface area is 137 Å². The number of hydrogen-bond donors (Lipinski definition) is 2. The summed E-state index contributed by atoms with van der Waals surface area (Å²) in [4.78, 5) is 14.1. The minimum atomic E-state index is -0.363. The van der Waals surface area contributed by atoms with E-state index < -0.39 is 0 Å². The van der Waals surface area contributed by atoms with Gasteiger partial charge in [0.05, 0.1) is 6.04 Å². The van der Waals surface area contributed by atoms with Crippen LogP contribution in [0.1, 0.15) is 47.0 Å². The van der Waals surface area contributed by atoms with E-state index in [1.54, 1.807) is 0 Å². The highest BCUT2D eigenvalue weighted by Gasteiger charge is 2.18. The number of halogens is 2. The molecule has 3 N–H and O–H groups in total. The molecule has 0 rings (SSSR count). The van der Waals surface area contributed by atoms with E-state index in [1.165, 1.54) is 0 Å². The Morgan fingerprint density at radius 3 is 2.15 bits per heavy atom. The number of nitrogens with one attached hydrogen (secondary N) is 1. The number of unbranched alkanes of at least 4 members (excludes halogenated alkanes) is 1. The lowest BCUT2D eigenvalue weighted by atomic mass is 9.99. The summed E-state index contributed by atoms with van der Waals surface area (Å²) in [6.07, 6.45) is 3.09. The predicted octanol–water partition coefficient (Wildman–Crippen LogP) is 2.44. The van der Waals surface area contributed by atoms with E-state index in [1.807, 2.05) is 6.92 Å². The zero-order chi connectivity index (χ0) is 14.0. The summed E-state index contributed by atoms with van der Waals surface area (Å²) >= 11 is 0. The van der Waals surface area contributed by atoms with Gasteiger partial charge in [0, 0.05) is 6.54 Å². The summed E-state index contributed by atoms with van der Waals surface area (Å²) in [5, 5.41) is 2.92. The molecule has 0 bridgehead atoms.